The molecule has 5 nitrogen and oxygen atoms in total. The van der Waals surface area contributed by atoms with E-state index in [-0.39, 0.29) is 0 Å². The fourth-order valence-electron chi connectivity index (χ4n) is 3.56. The van der Waals surface area contributed by atoms with Crippen molar-refractivity contribution in [3.63, 3.8) is 0 Å². The molecule has 1 saturated heterocycles. The van der Waals surface area contributed by atoms with E-state index in [1.807, 2.05) is 12.4 Å². The number of aryl methyl sites for hydroxylation is 1. The fraction of sp³-hybridized carbons (Fsp3) is 0.478. The maximum Gasteiger partial charge on any atom is 0.191 e. The standard InChI is InChI=1S/C23H33N5/c1-3-25-23(26-13-11-22-10-12-24-16-19(22)2)27-17-20-6-8-21(9-7-20)18-28-14-4-5-15-28/h6-10,12,16H,3-5,11,13-15,17-18H2,1-2H3,(H2,25,26,27). The number of nitrogens with zero attached hydrogens (tertiary/aromatic N) is 3. The van der Waals surface area contributed by atoms with Crippen LogP contribution in [0.25, 0.3) is 0 Å². The Labute approximate surface area is 169 Å². The molecule has 28 heavy (non-hydrogen) atoms. The lowest BCUT2D eigenvalue weighted by Gasteiger charge is -2.14. The number of aromatic nitrogens is 1. The average molecular weight is 380 g/mol. The van der Waals surface area contributed by atoms with Crippen LogP contribution >= 0.6 is 0 Å². The summed E-state index contributed by atoms with van der Waals surface area (Å²) in [6, 6.07) is 11.0. The smallest absolute Gasteiger partial charge is 0.191 e. The van der Waals surface area contributed by atoms with Crippen molar-refractivity contribution in [1.82, 2.24) is 20.5 Å². The predicted octanol–water partition coefficient (Wildman–Crippen LogP) is 3.28. The van der Waals surface area contributed by atoms with Gasteiger partial charge < -0.3 is 10.6 Å². The van der Waals surface area contributed by atoms with E-state index in [2.05, 4.69) is 64.7 Å². The van der Waals surface area contributed by atoms with Gasteiger partial charge >= 0.3 is 0 Å². The number of rotatable bonds is 8. The first-order valence-electron chi connectivity index (χ1n) is 10.5. The van der Waals surface area contributed by atoms with Crippen molar-refractivity contribution in [3.05, 3.63) is 65.0 Å². The van der Waals surface area contributed by atoms with Crippen LogP contribution in [0.1, 0.15) is 42.0 Å². The van der Waals surface area contributed by atoms with Gasteiger partial charge in [0, 0.05) is 32.0 Å². The quantitative estimate of drug-likeness (QED) is 0.546. The van der Waals surface area contributed by atoms with Gasteiger partial charge in [0.15, 0.2) is 5.96 Å². The Bertz CT molecular complexity index is 748. The molecule has 2 N–H and O–H groups in total. The summed E-state index contributed by atoms with van der Waals surface area (Å²) in [5, 5.41) is 6.77. The number of aliphatic imine (C=N–C) groups is 1. The zero-order valence-corrected chi connectivity index (χ0v) is 17.2. The number of hydrogen-bond donors (Lipinski definition) is 2. The van der Waals surface area contributed by atoms with Crippen molar-refractivity contribution in [1.29, 1.82) is 0 Å². The first-order chi connectivity index (χ1) is 13.7. The maximum atomic E-state index is 4.74. The molecule has 0 amide bonds. The molecular formula is C23H33N5. The molecule has 1 fully saturated rings. The van der Waals surface area contributed by atoms with Gasteiger partial charge in [-0.15, -0.1) is 0 Å². The molecule has 1 aliphatic rings. The number of guanidine groups is 1. The molecular weight excluding hydrogens is 346 g/mol. The maximum absolute atomic E-state index is 4.74. The monoisotopic (exact) mass is 379 g/mol. The summed E-state index contributed by atoms with van der Waals surface area (Å²) in [6.45, 7) is 10.1. The molecule has 3 rings (SSSR count). The van der Waals surface area contributed by atoms with Gasteiger partial charge in [0.1, 0.15) is 0 Å². The van der Waals surface area contributed by atoms with Crippen LogP contribution in [0.2, 0.25) is 0 Å². The first kappa shape index (κ1) is 20.3. The normalized spacial score (nSPS) is 15.0. The number of hydrogen-bond acceptors (Lipinski definition) is 3. The third-order valence-corrected chi connectivity index (χ3v) is 5.22. The Morgan fingerprint density at radius 1 is 1.07 bits per heavy atom. The van der Waals surface area contributed by atoms with Crippen molar-refractivity contribution < 1.29 is 0 Å². The molecule has 1 aromatic heterocycles. The van der Waals surface area contributed by atoms with Gasteiger partial charge in [-0.05, 0) is 74.5 Å². The molecule has 1 aromatic carbocycles. The fourth-order valence-corrected chi connectivity index (χ4v) is 3.56. The molecule has 0 atom stereocenters. The van der Waals surface area contributed by atoms with Crippen LogP contribution in [0.4, 0.5) is 0 Å². The third kappa shape index (κ3) is 6.34. The molecule has 1 aliphatic heterocycles. The second-order valence-corrected chi connectivity index (χ2v) is 7.47. The highest BCUT2D eigenvalue weighted by atomic mass is 15.2. The Morgan fingerprint density at radius 2 is 1.82 bits per heavy atom. The minimum Gasteiger partial charge on any atom is -0.357 e. The van der Waals surface area contributed by atoms with E-state index in [1.165, 1.54) is 48.2 Å². The summed E-state index contributed by atoms with van der Waals surface area (Å²) >= 11 is 0. The molecule has 0 spiro atoms. The van der Waals surface area contributed by atoms with E-state index in [4.69, 9.17) is 4.99 Å². The summed E-state index contributed by atoms with van der Waals surface area (Å²) in [4.78, 5) is 11.4. The minimum atomic E-state index is 0.688. The Morgan fingerprint density at radius 3 is 2.54 bits per heavy atom. The van der Waals surface area contributed by atoms with E-state index >= 15 is 0 Å². The first-order valence-corrected chi connectivity index (χ1v) is 10.5. The Balaban J connectivity index is 1.49. The molecule has 150 valence electrons. The molecule has 0 aliphatic carbocycles. The summed E-state index contributed by atoms with van der Waals surface area (Å²) in [6.07, 6.45) is 7.42. The van der Waals surface area contributed by atoms with Crippen LogP contribution in [0.5, 0.6) is 0 Å². The van der Waals surface area contributed by atoms with Crippen molar-refractivity contribution in [2.45, 2.75) is 46.2 Å². The third-order valence-electron chi connectivity index (χ3n) is 5.22. The molecule has 0 bridgehead atoms. The summed E-state index contributed by atoms with van der Waals surface area (Å²) in [7, 11) is 0. The van der Waals surface area contributed by atoms with Gasteiger partial charge in [-0.25, -0.2) is 4.99 Å². The van der Waals surface area contributed by atoms with E-state index in [0.29, 0.717) is 6.54 Å². The highest BCUT2D eigenvalue weighted by Gasteiger charge is 2.11. The van der Waals surface area contributed by atoms with Crippen LogP contribution in [0.3, 0.4) is 0 Å². The van der Waals surface area contributed by atoms with Crippen LogP contribution in [0, 0.1) is 6.92 Å². The van der Waals surface area contributed by atoms with Crippen molar-refractivity contribution in [2.75, 3.05) is 26.2 Å². The lowest BCUT2D eigenvalue weighted by molar-refractivity contribution is 0.331. The molecule has 2 heterocycles. The van der Waals surface area contributed by atoms with Gasteiger partial charge in [0.05, 0.1) is 6.54 Å². The van der Waals surface area contributed by atoms with Gasteiger partial charge in [-0.3, -0.25) is 9.88 Å². The molecule has 0 unspecified atom stereocenters. The molecule has 0 radical (unpaired) electrons. The van der Waals surface area contributed by atoms with E-state index in [0.717, 1.165) is 32.0 Å². The second-order valence-electron chi connectivity index (χ2n) is 7.47. The SMILES string of the molecule is CCNC(=NCc1ccc(CN2CCCC2)cc1)NCCc1ccncc1C. The number of nitrogens with one attached hydrogen (secondary N) is 2. The van der Waals surface area contributed by atoms with Crippen LogP contribution in [-0.2, 0) is 19.5 Å². The summed E-state index contributed by atoms with van der Waals surface area (Å²) in [5.74, 6) is 0.871. The van der Waals surface area contributed by atoms with Gasteiger partial charge in [-0.1, -0.05) is 24.3 Å². The van der Waals surface area contributed by atoms with Gasteiger partial charge in [0.2, 0.25) is 0 Å². The highest BCUT2D eigenvalue weighted by molar-refractivity contribution is 5.79. The van der Waals surface area contributed by atoms with Gasteiger partial charge in [-0.2, -0.15) is 0 Å². The van der Waals surface area contributed by atoms with Crippen molar-refractivity contribution in [3.8, 4) is 0 Å². The summed E-state index contributed by atoms with van der Waals surface area (Å²) < 4.78 is 0. The summed E-state index contributed by atoms with van der Waals surface area (Å²) in [5.41, 5.74) is 5.20. The van der Waals surface area contributed by atoms with E-state index in [9.17, 15) is 0 Å². The van der Waals surface area contributed by atoms with E-state index < -0.39 is 0 Å². The zero-order valence-electron chi connectivity index (χ0n) is 17.2. The lowest BCUT2D eigenvalue weighted by atomic mass is 10.1. The molecule has 0 saturated carbocycles. The highest BCUT2D eigenvalue weighted by Crippen LogP contribution is 2.13. The lowest BCUT2D eigenvalue weighted by Crippen LogP contribution is -2.38. The molecule has 5 heteroatoms. The minimum absolute atomic E-state index is 0.688. The van der Waals surface area contributed by atoms with E-state index in [1.54, 1.807) is 0 Å². The number of benzene rings is 1. The van der Waals surface area contributed by atoms with Crippen LogP contribution in [0.15, 0.2) is 47.7 Å². The number of pyridine rings is 1. The molecule has 2 aromatic rings. The van der Waals surface area contributed by atoms with Crippen LogP contribution < -0.4 is 10.6 Å². The Kier molecular flexibility index (Phi) is 7.85. The topological polar surface area (TPSA) is 52.6 Å². The zero-order chi connectivity index (χ0) is 19.6. The van der Waals surface area contributed by atoms with Gasteiger partial charge in [0.25, 0.3) is 0 Å². The largest absolute Gasteiger partial charge is 0.357 e. The number of likely N-dealkylation sites (tertiary alicyclic amines) is 1. The predicted molar refractivity (Wildman–Crippen MR) is 116 cm³/mol. The van der Waals surface area contributed by atoms with Crippen molar-refractivity contribution in [2.24, 2.45) is 4.99 Å². The van der Waals surface area contributed by atoms with Crippen LogP contribution in [-0.4, -0.2) is 42.0 Å². The average Bonchev–Trinajstić information content (AvgIpc) is 3.22. The Hall–Kier alpha value is -2.40. The van der Waals surface area contributed by atoms with Crippen molar-refractivity contribution >= 4 is 5.96 Å². The second kappa shape index (κ2) is 10.8.